The van der Waals surface area contributed by atoms with Gasteiger partial charge in [0.25, 0.3) is 0 Å². The predicted molar refractivity (Wildman–Crippen MR) is 83.3 cm³/mol. The Hall–Kier alpha value is -1.47. The van der Waals surface area contributed by atoms with Crippen LogP contribution in [0.1, 0.15) is 37.0 Å². The largest absolute Gasteiger partial charge is 0.456 e. The topological polar surface area (TPSA) is 63.2 Å². The fraction of sp³-hybridized carbons (Fsp3) is 0.611. The summed E-state index contributed by atoms with van der Waals surface area (Å²) in [6.07, 6.45) is -0.0178. The Bertz CT molecular complexity index is 630. The molecule has 130 valence electrons. The van der Waals surface area contributed by atoms with Crippen LogP contribution in [0.25, 0.3) is 0 Å². The minimum atomic E-state index is -0.702. The standard InChI is InChI=1S/C18H22O6/c1-17(2)22-13-14(23-17)18(24-16(13)20-3)10-9-12(18)21-15(19)11-7-5-4-6-8-11/h4-8,12-14,16H,9-10H2,1-3H3/t12-,13-,14?,16?,18-/m0/s1. The molecule has 2 aliphatic heterocycles. The van der Waals surface area contributed by atoms with Crippen molar-refractivity contribution in [1.82, 2.24) is 0 Å². The quantitative estimate of drug-likeness (QED) is 0.790. The Labute approximate surface area is 141 Å². The van der Waals surface area contributed by atoms with Crippen molar-refractivity contribution in [3.05, 3.63) is 35.9 Å². The third kappa shape index (κ3) is 2.37. The van der Waals surface area contributed by atoms with Gasteiger partial charge in [0, 0.05) is 7.11 Å². The molecule has 2 saturated heterocycles. The second-order valence-corrected chi connectivity index (χ2v) is 7.00. The third-order valence-corrected chi connectivity index (χ3v) is 5.05. The molecule has 0 radical (unpaired) electrons. The van der Waals surface area contributed by atoms with Gasteiger partial charge in [-0.15, -0.1) is 0 Å². The summed E-state index contributed by atoms with van der Waals surface area (Å²) >= 11 is 0. The fourth-order valence-electron chi connectivity index (χ4n) is 3.84. The van der Waals surface area contributed by atoms with Crippen molar-refractivity contribution in [1.29, 1.82) is 0 Å². The molecule has 24 heavy (non-hydrogen) atoms. The average molecular weight is 334 g/mol. The number of rotatable bonds is 3. The minimum absolute atomic E-state index is 0.306. The second kappa shape index (κ2) is 5.52. The van der Waals surface area contributed by atoms with Gasteiger partial charge in [0.1, 0.15) is 23.9 Å². The zero-order chi connectivity index (χ0) is 16.9. The lowest BCUT2D eigenvalue weighted by Gasteiger charge is -2.47. The van der Waals surface area contributed by atoms with Crippen LogP contribution in [0.3, 0.4) is 0 Å². The Morgan fingerprint density at radius 3 is 2.54 bits per heavy atom. The second-order valence-electron chi connectivity index (χ2n) is 7.00. The van der Waals surface area contributed by atoms with Crippen molar-refractivity contribution in [3.63, 3.8) is 0 Å². The first-order valence-electron chi connectivity index (χ1n) is 8.27. The van der Waals surface area contributed by atoms with E-state index in [1.165, 1.54) is 0 Å². The molecule has 1 spiro atoms. The van der Waals surface area contributed by atoms with Crippen molar-refractivity contribution < 1.29 is 28.5 Å². The summed E-state index contributed by atoms with van der Waals surface area (Å²) in [5, 5.41) is 0. The SMILES string of the molecule is COC1O[C@]2(CC[C@@H]2OC(=O)c2ccccc2)C2OC(C)(C)O[C@H]12. The molecule has 0 N–H and O–H groups in total. The number of carbonyl (C=O) groups is 1. The minimum Gasteiger partial charge on any atom is -0.456 e. The predicted octanol–water partition coefficient (Wildman–Crippen LogP) is 2.27. The van der Waals surface area contributed by atoms with Crippen LogP contribution < -0.4 is 0 Å². The van der Waals surface area contributed by atoms with E-state index in [0.29, 0.717) is 5.56 Å². The average Bonchev–Trinajstić information content (AvgIpc) is 3.04. The Balaban J connectivity index is 1.54. The number of benzene rings is 1. The highest BCUT2D eigenvalue weighted by atomic mass is 16.8. The smallest absolute Gasteiger partial charge is 0.338 e. The van der Waals surface area contributed by atoms with Crippen LogP contribution in [0, 0.1) is 0 Å². The van der Waals surface area contributed by atoms with Gasteiger partial charge in [-0.05, 0) is 38.8 Å². The molecular formula is C18H22O6. The van der Waals surface area contributed by atoms with Crippen LogP contribution in [0.2, 0.25) is 0 Å². The monoisotopic (exact) mass is 334 g/mol. The Morgan fingerprint density at radius 2 is 1.92 bits per heavy atom. The highest BCUT2D eigenvalue weighted by Gasteiger charge is 2.70. The fourth-order valence-corrected chi connectivity index (χ4v) is 3.84. The van der Waals surface area contributed by atoms with Gasteiger partial charge in [-0.1, -0.05) is 18.2 Å². The molecule has 2 unspecified atom stereocenters. The maximum absolute atomic E-state index is 12.4. The number of methoxy groups -OCH3 is 1. The van der Waals surface area contributed by atoms with E-state index in [4.69, 9.17) is 23.7 Å². The molecule has 1 aliphatic carbocycles. The maximum atomic E-state index is 12.4. The molecule has 1 aromatic rings. The van der Waals surface area contributed by atoms with Crippen LogP contribution in [-0.2, 0) is 23.7 Å². The highest BCUT2D eigenvalue weighted by Crippen LogP contribution is 2.54. The maximum Gasteiger partial charge on any atom is 0.338 e. The zero-order valence-corrected chi connectivity index (χ0v) is 14.1. The molecule has 3 fully saturated rings. The number of ether oxygens (including phenoxy) is 5. The van der Waals surface area contributed by atoms with Gasteiger partial charge in [-0.2, -0.15) is 0 Å². The van der Waals surface area contributed by atoms with E-state index < -0.39 is 17.7 Å². The van der Waals surface area contributed by atoms with Crippen LogP contribution in [0.5, 0.6) is 0 Å². The molecule has 0 amide bonds. The molecule has 6 nitrogen and oxygen atoms in total. The van der Waals surface area contributed by atoms with E-state index in [-0.39, 0.29) is 24.3 Å². The van der Waals surface area contributed by atoms with E-state index in [9.17, 15) is 4.79 Å². The summed E-state index contributed by atoms with van der Waals surface area (Å²) in [4.78, 5) is 12.4. The first-order chi connectivity index (χ1) is 11.5. The molecule has 3 aliphatic rings. The number of fused-ring (bicyclic) bond motifs is 2. The van der Waals surface area contributed by atoms with Crippen molar-refractivity contribution in [3.8, 4) is 0 Å². The van der Waals surface area contributed by atoms with Gasteiger partial charge in [0.15, 0.2) is 12.1 Å². The summed E-state index contributed by atoms with van der Waals surface area (Å²) in [6.45, 7) is 3.74. The molecule has 5 atom stereocenters. The number of hydrogen-bond donors (Lipinski definition) is 0. The van der Waals surface area contributed by atoms with Crippen molar-refractivity contribution in [2.75, 3.05) is 7.11 Å². The lowest BCUT2D eigenvalue weighted by molar-refractivity contribution is -0.288. The van der Waals surface area contributed by atoms with Gasteiger partial charge in [0.2, 0.25) is 0 Å². The van der Waals surface area contributed by atoms with Gasteiger partial charge in [-0.3, -0.25) is 0 Å². The molecule has 6 heteroatoms. The van der Waals surface area contributed by atoms with E-state index in [1.807, 2.05) is 32.0 Å². The first kappa shape index (κ1) is 16.0. The lowest BCUT2D eigenvalue weighted by atomic mass is 9.72. The first-order valence-corrected chi connectivity index (χ1v) is 8.27. The van der Waals surface area contributed by atoms with Crippen LogP contribution >= 0.6 is 0 Å². The van der Waals surface area contributed by atoms with Crippen molar-refractivity contribution in [2.45, 2.75) is 62.7 Å². The molecule has 1 saturated carbocycles. The van der Waals surface area contributed by atoms with Crippen LogP contribution in [-0.4, -0.2) is 49.1 Å². The van der Waals surface area contributed by atoms with E-state index >= 15 is 0 Å². The summed E-state index contributed by atoms with van der Waals surface area (Å²) in [7, 11) is 1.58. The molecule has 2 heterocycles. The van der Waals surface area contributed by atoms with E-state index in [2.05, 4.69) is 0 Å². The summed E-state index contributed by atoms with van der Waals surface area (Å²) in [6, 6.07) is 8.96. The molecule has 0 bridgehead atoms. The molecular weight excluding hydrogens is 312 g/mol. The van der Waals surface area contributed by atoms with E-state index in [0.717, 1.165) is 12.8 Å². The summed E-state index contributed by atoms with van der Waals surface area (Å²) < 4.78 is 29.2. The van der Waals surface area contributed by atoms with Gasteiger partial charge in [-0.25, -0.2) is 4.79 Å². The van der Waals surface area contributed by atoms with Crippen LogP contribution in [0.4, 0.5) is 0 Å². The van der Waals surface area contributed by atoms with E-state index in [1.54, 1.807) is 19.2 Å². The number of esters is 1. The molecule has 0 aromatic heterocycles. The Kier molecular flexibility index (Phi) is 3.69. The van der Waals surface area contributed by atoms with Crippen molar-refractivity contribution in [2.24, 2.45) is 0 Å². The number of carbonyl (C=O) groups excluding carboxylic acids is 1. The van der Waals surface area contributed by atoms with Gasteiger partial charge < -0.3 is 23.7 Å². The zero-order valence-electron chi connectivity index (χ0n) is 14.1. The lowest BCUT2D eigenvalue weighted by Crippen LogP contribution is -2.61. The summed E-state index contributed by atoms with van der Waals surface area (Å²) in [5.74, 6) is -1.05. The van der Waals surface area contributed by atoms with Crippen LogP contribution in [0.15, 0.2) is 30.3 Å². The summed E-state index contributed by atoms with van der Waals surface area (Å²) in [5.41, 5.74) is -0.162. The normalized spacial score (nSPS) is 39.5. The van der Waals surface area contributed by atoms with Gasteiger partial charge in [0.05, 0.1) is 5.56 Å². The third-order valence-electron chi connectivity index (χ3n) is 5.05. The van der Waals surface area contributed by atoms with Gasteiger partial charge >= 0.3 is 5.97 Å². The molecule has 1 aromatic carbocycles. The highest BCUT2D eigenvalue weighted by molar-refractivity contribution is 5.89. The van der Waals surface area contributed by atoms with Crippen molar-refractivity contribution >= 4 is 5.97 Å². The molecule has 4 rings (SSSR count). The Morgan fingerprint density at radius 1 is 1.17 bits per heavy atom. The number of hydrogen-bond acceptors (Lipinski definition) is 6.